The first kappa shape index (κ1) is 22.2. The van der Waals surface area contributed by atoms with Crippen LogP contribution in [0, 0.1) is 0 Å². The predicted octanol–water partition coefficient (Wildman–Crippen LogP) is 6.28. The van der Waals surface area contributed by atoms with Gasteiger partial charge in [0.25, 0.3) is 11.1 Å². The van der Waals surface area contributed by atoms with Crippen LogP contribution in [0.2, 0.25) is 10.0 Å². The molecule has 4 rings (SSSR count). The second-order valence-electron chi connectivity index (χ2n) is 6.79. The average Bonchev–Trinajstić information content (AvgIpc) is 3.34. The first-order valence-corrected chi connectivity index (χ1v) is 10.9. The van der Waals surface area contributed by atoms with Crippen LogP contribution in [0.25, 0.3) is 17.4 Å². The number of furan rings is 1. The van der Waals surface area contributed by atoms with Gasteiger partial charge in [0.05, 0.1) is 29.1 Å². The molecule has 0 N–H and O–H groups in total. The molecular weight excluding hydrogens is 473 g/mol. The number of hydrogen-bond donors (Lipinski definition) is 0. The van der Waals surface area contributed by atoms with E-state index >= 15 is 0 Å². The first-order valence-electron chi connectivity index (χ1n) is 9.33. The highest BCUT2D eigenvalue weighted by Crippen LogP contribution is 2.35. The fourth-order valence-corrected chi connectivity index (χ4v) is 4.34. The Bertz CT molecular complexity index is 1270. The summed E-state index contributed by atoms with van der Waals surface area (Å²) in [4.78, 5) is 38.4. The number of amides is 2. The Hall–Kier alpha value is -3.00. The second kappa shape index (κ2) is 9.24. The van der Waals surface area contributed by atoms with Gasteiger partial charge >= 0.3 is 5.97 Å². The lowest BCUT2D eigenvalue weighted by Gasteiger charge is -2.12. The van der Waals surface area contributed by atoms with Gasteiger partial charge < -0.3 is 9.15 Å². The number of methoxy groups -OCH3 is 1. The summed E-state index contributed by atoms with van der Waals surface area (Å²) < 4.78 is 10.5. The molecule has 3 aromatic rings. The van der Waals surface area contributed by atoms with Gasteiger partial charge in [-0.1, -0.05) is 35.3 Å². The van der Waals surface area contributed by atoms with Gasteiger partial charge in [-0.3, -0.25) is 14.5 Å². The van der Waals surface area contributed by atoms with Crippen LogP contribution in [0.15, 0.2) is 63.9 Å². The molecule has 1 aliphatic heterocycles. The van der Waals surface area contributed by atoms with Crippen molar-refractivity contribution in [2.24, 2.45) is 0 Å². The second-order valence-corrected chi connectivity index (χ2v) is 8.62. The molecule has 6 nitrogen and oxygen atoms in total. The molecule has 0 unspecified atom stereocenters. The maximum absolute atomic E-state index is 12.8. The van der Waals surface area contributed by atoms with E-state index in [0.29, 0.717) is 22.1 Å². The Balaban J connectivity index is 1.55. The maximum atomic E-state index is 12.8. The first-order chi connectivity index (χ1) is 15.4. The Morgan fingerprint density at radius 2 is 1.94 bits per heavy atom. The van der Waals surface area contributed by atoms with Crippen molar-refractivity contribution in [3.63, 3.8) is 0 Å². The van der Waals surface area contributed by atoms with Crippen molar-refractivity contribution in [1.29, 1.82) is 0 Å². The zero-order valence-electron chi connectivity index (χ0n) is 16.6. The molecule has 2 aromatic carbocycles. The van der Waals surface area contributed by atoms with Gasteiger partial charge in [0, 0.05) is 16.7 Å². The van der Waals surface area contributed by atoms with E-state index in [4.69, 9.17) is 32.4 Å². The normalized spacial score (nSPS) is 15.0. The van der Waals surface area contributed by atoms with Crippen molar-refractivity contribution in [3.05, 3.63) is 86.4 Å². The minimum Gasteiger partial charge on any atom is -0.465 e. The summed E-state index contributed by atoms with van der Waals surface area (Å²) in [7, 11) is 1.27. The summed E-state index contributed by atoms with van der Waals surface area (Å²) in [5.41, 5.74) is 1.58. The van der Waals surface area contributed by atoms with Crippen LogP contribution in [0.4, 0.5) is 4.79 Å². The minimum absolute atomic E-state index is 0.132. The van der Waals surface area contributed by atoms with Gasteiger partial charge in [-0.2, -0.15) is 0 Å². The maximum Gasteiger partial charge on any atom is 0.339 e. The molecule has 1 fully saturated rings. The standard InChI is InChI=1S/C23H15Cl2NO5S/c1-30-22(28)17-10-14(5-7-18(17)25)19-8-6-16(31-19)11-20-21(27)26(23(29)32-20)12-13-3-2-4-15(24)9-13/h2-11H,12H2,1H3/b20-11-. The third-order valence-electron chi connectivity index (χ3n) is 4.66. The van der Waals surface area contributed by atoms with Crippen LogP contribution >= 0.6 is 35.0 Å². The number of carbonyl (C=O) groups is 3. The van der Waals surface area contributed by atoms with Crippen molar-refractivity contribution in [2.45, 2.75) is 6.54 Å². The number of carbonyl (C=O) groups excluding carboxylic acids is 3. The van der Waals surface area contributed by atoms with Crippen LogP contribution in [0.5, 0.6) is 0 Å². The van der Waals surface area contributed by atoms with Crippen molar-refractivity contribution < 1.29 is 23.5 Å². The van der Waals surface area contributed by atoms with Crippen molar-refractivity contribution >= 4 is 58.2 Å². The number of benzene rings is 2. The topological polar surface area (TPSA) is 76.8 Å². The molecule has 2 amide bonds. The number of ether oxygens (including phenoxy) is 1. The Kier molecular flexibility index (Phi) is 6.41. The summed E-state index contributed by atoms with van der Waals surface area (Å²) >= 11 is 12.9. The third kappa shape index (κ3) is 4.60. The number of halogens is 2. The van der Waals surface area contributed by atoms with E-state index in [2.05, 4.69) is 0 Å². The summed E-state index contributed by atoms with van der Waals surface area (Å²) in [5, 5.41) is 0.430. The van der Waals surface area contributed by atoms with Gasteiger partial charge in [-0.15, -0.1) is 0 Å². The zero-order chi connectivity index (χ0) is 22.8. The predicted molar refractivity (Wildman–Crippen MR) is 123 cm³/mol. The van der Waals surface area contributed by atoms with Gasteiger partial charge in [0.15, 0.2) is 0 Å². The molecule has 9 heteroatoms. The lowest BCUT2D eigenvalue weighted by atomic mass is 10.1. The number of thioether (sulfide) groups is 1. The van der Waals surface area contributed by atoms with E-state index in [9.17, 15) is 14.4 Å². The summed E-state index contributed by atoms with van der Waals surface area (Å²) in [5.74, 6) is -0.103. The highest BCUT2D eigenvalue weighted by Gasteiger charge is 2.35. The fraction of sp³-hybridized carbons (Fsp3) is 0.0870. The van der Waals surface area contributed by atoms with Gasteiger partial charge in [-0.05, 0) is 59.8 Å². The van der Waals surface area contributed by atoms with Crippen LogP contribution < -0.4 is 0 Å². The molecule has 0 radical (unpaired) electrons. The molecule has 2 heterocycles. The molecule has 0 bridgehead atoms. The molecule has 0 saturated carbocycles. The SMILES string of the molecule is COC(=O)c1cc(-c2ccc(/C=C3\SC(=O)N(Cc4cccc(Cl)c4)C3=O)o2)ccc1Cl. The monoisotopic (exact) mass is 487 g/mol. The number of esters is 1. The molecule has 32 heavy (non-hydrogen) atoms. The average molecular weight is 488 g/mol. The van der Waals surface area contributed by atoms with Gasteiger partial charge in [-0.25, -0.2) is 4.79 Å². The number of rotatable bonds is 5. The van der Waals surface area contributed by atoms with Crippen LogP contribution in [-0.2, 0) is 16.1 Å². The van der Waals surface area contributed by atoms with E-state index in [1.165, 1.54) is 13.2 Å². The van der Waals surface area contributed by atoms with Gasteiger partial charge in [0.1, 0.15) is 11.5 Å². The van der Waals surface area contributed by atoms with Crippen LogP contribution in [0.1, 0.15) is 21.7 Å². The number of hydrogen-bond acceptors (Lipinski definition) is 6. The molecule has 0 spiro atoms. The summed E-state index contributed by atoms with van der Waals surface area (Å²) in [6.07, 6.45) is 1.52. The van der Waals surface area contributed by atoms with E-state index in [0.717, 1.165) is 22.2 Å². The molecule has 1 aromatic heterocycles. The molecule has 162 valence electrons. The largest absolute Gasteiger partial charge is 0.465 e. The summed E-state index contributed by atoms with van der Waals surface area (Å²) in [6.45, 7) is 0.132. The van der Waals surface area contributed by atoms with E-state index < -0.39 is 11.9 Å². The molecule has 0 aliphatic carbocycles. The highest BCUT2D eigenvalue weighted by molar-refractivity contribution is 8.18. The molecule has 0 atom stereocenters. The Labute approximate surface area is 197 Å². The van der Waals surface area contributed by atoms with E-state index in [1.807, 2.05) is 0 Å². The van der Waals surface area contributed by atoms with E-state index in [-0.39, 0.29) is 27.3 Å². The van der Waals surface area contributed by atoms with Crippen LogP contribution in [0.3, 0.4) is 0 Å². The van der Waals surface area contributed by atoms with Crippen molar-refractivity contribution in [3.8, 4) is 11.3 Å². The fourth-order valence-electron chi connectivity index (χ4n) is 3.11. The minimum atomic E-state index is -0.558. The van der Waals surface area contributed by atoms with E-state index in [1.54, 1.807) is 54.6 Å². The van der Waals surface area contributed by atoms with Gasteiger partial charge in [0.2, 0.25) is 0 Å². The quantitative estimate of drug-likeness (QED) is 0.311. The lowest BCUT2D eigenvalue weighted by Crippen LogP contribution is -2.27. The lowest BCUT2D eigenvalue weighted by molar-refractivity contribution is -0.123. The summed E-state index contributed by atoms with van der Waals surface area (Å²) in [6, 6.07) is 15.2. The zero-order valence-corrected chi connectivity index (χ0v) is 19.0. The smallest absolute Gasteiger partial charge is 0.339 e. The highest BCUT2D eigenvalue weighted by atomic mass is 35.5. The molecule has 1 saturated heterocycles. The van der Waals surface area contributed by atoms with Crippen molar-refractivity contribution in [2.75, 3.05) is 7.11 Å². The Morgan fingerprint density at radius 3 is 2.69 bits per heavy atom. The number of nitrogens with zero attached hydrogens (tertiary/aromatic N) is 1. The number of imide groups is 1. The molecule has 1 aliphatic rings. The third-order valence-corrected chi connectivity index (χ3v) is 6.13. The van der Waals surface area contributed by atoms with Crippen molar-refractivity contribution in [1.82, 2.24) is 4.90 Å². The Morgan fingerprint density at radius 1 is 1.12 bits per heavy atom. The molecular formula is C23H15Cl2NO5S. The van der Waals surface area contributed by atoms with Crippen LogP contribution in [-0.4, -0.2) is 29.1 Å².